The third kappa shape index (κ3) is 7.30. The van der Waals surface area contributed by atoms with E-state index in [0.29, 0.717) is 12.6 Å². The zero-order valence-corrected chi connectivity index (χ0v) is 19.6. The van der Waals surface area contributed by atoms with Crippen molar-refractivity contribution in [2.75, 3.05) is 46.9 Å². The van der Waals surface area contributed by atoms with Gasteiger partial charge in [-0.25, -0.2) is 0 Å². The summed E-state index contributed by atoms with van der Waals surface area (Å²) in [5, 5.41) is 8.96. The van der Waals surface area contributed by atoms with Crippen LogP contribution in [0.4, 0.5) is 0 Å². The molecule has 0 radical (unpaired) electrons. The first-order valence-electron chi connectivity index (χ1n) is 8.84. The van der Waals surface area contributed by atoms with Crippen LogP contribution in [-0.2, 0) is 9.47 Å². The van der Waals surface area contributed by atoms with E-state index in [-0.39, 0.29) is 35.7 Å². The molecule has 0 bridgehead atoms. The molecule has 0 spiro atoms. The van der Waals surface area contributed by atoms with Gasteiger partial charge in [0.25, 0.3) is 0 Å². The first-order chi connectivity index (χ1) is 11.9. The van der Waals surface area contributed by atoms with Crippen LogP contribution in [0.5, 0.6) is 0 Å². The molecule has 0 aliphatic carbocycles. The van der Waals surface area contributed by atoms with Gasteiger partial charge >= 0.3 is 0 Å². The summed E-state index contributed by atoms with van der Waals surface area (Å²) < 4.78 is 11.2. The Morgan fingerprint density at radius 3 is 2.85 bits per heavy atom. The summed E-state index contributed by atoms with van der Waals surface area (Å²) in [5.41, 5.74) is -0.232. The number of guanidine groups is 1. The number of aliphatic imine (C=N–C) groups is 1. The Morgan fingerprint density at radius 2 is 2.27 bits per heavy atom. The minimum Gasteiger partial charge on any atom is -0.377 e. The van der Waals surface area contributed by atoms with Gasteiger partial charge in [-0.05, 0) is 32.2 Å². The molecule has 2 atom stereocenters. The number of hydrogen-bond donors (Lipinski definition) is 2. The van der Waals surface area contributed by atoms with Crippen molar-refractivity contribution in [1.29, 1.82) is 0 Å². The summed E-state index contributed by atoms with van der Waals surface area (Å²) in [6.07, 6.45) is 0.274. The maximum absolute atomic E-state index is 5.70. The molecule has 0 saturated carbocycles. The van der Waals surface area contributed by atoms with Crippen LogP contribution in [-0.4, -0.2) is 69.5 Å². The number of halogens is 1. The van der Waals surface area contributed by atoms with Gasteiger partial charge in [0.2, 0.25) is 0 Å². The van der Waals surface area contributed by atoms with Crippen LogP contribution >= 0.6 is 35.3 Å². The van der Waals surface area contributed by atoms with Gasteiger partial charge in [0, 0.05) is 45.2 Å². The predicted octanol–water partition coefficient (Wildman–Crippen LogP) is 2.72. The molecule has 2 N–H and O–H groups in total. The van der Waals surface area contributed by atoms with E-state index in [1.165, 1.54) is 4.88 Å². The normalized spacial score (nSPS) is 20.3. The van der Waals surface area contributed by atoms with Crippen LogP contribution in [0.25, 0.3) is 0 Å². The Bertz CT molecular complexity index is 539. The second-order valence-electron chi connectivity index (χ2n) is 6.98. The zero-order chi connectivity index (χ0) is 18.3. The highest BCUT2D eigenvalue weighted by Crippen LogP contribution is 2.26. The van der Waals surface area contributed by atoms with Crippen molar-refractivity contribution in [2.24, 2.45) is 4.99 Å². The average molecular weight is 496 g/mol. The highest BCUT2D eigenvalue weighted by molar-refractivity contribution is 14.0. The molecule has 1 aliphatic rings. The van der Waals surface area contributed by atoms with Gasteiger partial charge in [-0.3, -0.25) is 9.89 Å². The standard InChI is InChI=1S/C18H32N4O2S.HI/c1-14-12-22(8-9-24-14)15(16-7-6-10-25-16)11-20-17(19-4)21-13-18(2,3)23-5;/h6-7,10,14-15H,8-9,11-13H2,1-5H3,(H2,19,20,21);1H. The van der Waals surface area contributed by atoms with Gasteiger partial charge in [-0.2, -0.15) is 0 Å². The van der Waals surface area contributed by atoms with Gasteiger partial charge in [-0.1, -0.05) is 6.07 Å². The molecule has 6 nitrogen and oxygen atoms in total. The second-order valence-corrected chi connectivity index (χ2v) is 7.96. The molecule has 2 heterocycles. The fourth-order valence-electron chi connectivity index (χ4n) is 2.80. The number of thiophene rings is 1. The molecule has 26 heavy (non-hydrogen) atoms. The summed E-state index contributed by atoms with van der Waals surface area (Å²) in [4.78, 5) is 8.21. The monoisotopic (exact) mass is 496 g/mol. The van der Waals surface area contributed by atoms with Crippen molar-refractivity contribution >= 4 is 41.3 Å². The molecule has 2 unspecified atom stereocenters. The number of ether oxygens (including phenoxy) is 2. The lowest BCUT2D eigenvalue weighted by atomic mass is 10.1. The highest BCUT2D eigenvalue weighted by Gasteiger charge is 2.26. The third-order valence-corrected chi connectivity index (χ3v) is 5.48. The van der Waals surface area contributed by atoms with E-state index in [1.54, 1.807) is 25.5 Å². The minimum atomic E-state index is -0.232. The van der Waals surface area contributed by atoms with Crippen molar-refractivity contribution in [2.45, 2.75) is 38.5 Å². The topological polar surface area (TPSA) is 58.1 Å². The van der Waals surface area contributed by atoms with Crippen LogP contribution < -0.4 is 10.6 Å². The molecule has 8 heteroatoms. The van der Waals surface area contributed by atoms with Gasteiger partial charge in [-0.15, -0.1) is 35.3 Å². The molecule has 1 fully saturated rings. The lowest BCUT2D eigenvalue weighted by molar-refractivity contribution is -0.0334. The van der Waals surface area contributed by atoms with Gasteiger partial charge in [0.15, 0.2) is 5.96 Å². The van der Waals surface area contributed by atoms with E-state index in [4.69, 9.17) is 9.47 Å². The SMILES string of the molecule is CN=C(NCC(c1cccs1)N1CCOC(C)C1)NCC(C)(C)OC.I. The number of nitrogens with zero attached hydrogens (tertiary/aromatic N) is 2. The number of rotatable bonds is 7. The molecule has 0 aromatic carbocycles. The fraction of sp³-hybridized carbons (Fsp3) is 0.722. The van der Waals surface area contributed by atoms with Gasteiger partial charge in [0.1, 0.15) is 0 Å². The van der Waals surface area contributed by atoms with Crippen LogP contribution in [0.15, 0.2) is 22.5 Å². The Balaban J connectivity index is 0.00000338. The molecule has 0 amide bonds. The van der Waals surface area contributed by atoms with E-state index in [0.717, 1.165) is 32.2 Å². The summed E-state index contributed by atoms with van der Waals surface area (Å²) in [6, 6.07) is 4.65. The molecular formula is C18H33IN4O2S. The largest absolute Gasteiger partial charge is 0.377 e. The molecule has 1 aliphatic heterocycles. The van der Waals surface area contributed by atoms with E-state index in [2.05, 4.69) is 58.8 Å². The Labute approximate surface area is 178 Å². The maximum atomic E-state index is 5.70. The Kier molecular flexibility index (Phi) is 10.4. The predicted molar refractivity (Wildman–Crippen MR) is 120 cm³/mol. The first-order valence-corrected chi connectivity index (χ1v) is 9.72. The summed E-state index contributed by atoms with van der Waals surface area (Å²) in [5.74, 6) is 0.799. The van der Waals surface area contributed by atoms with E-state index in [1.807, 2.05) is 0 Å². The summed E-state index contributed by atoms with van der Waals surface area (Å²) in [7, 11) is 3.52. The summed E-state index contributed by atoms with van der Waals surface area (Å²) in [6.45, 7) is 10.4. The van der Waals surface area contributed by atoms with Crippen LogP contribution in [0.3, 0.4) is 0 Å². The number of nitrogens with one attached hydrogen (secondary N) is 2. The van der Waals surface area contributed by atoms with Crippen LogP contribution in [0.1, 0.15) is 31.7 Å². The molecule has 1 aromatic rings. The maximum Gasteiger partial charge on any atom is 0.191 e. The molecule has 1 aromatic heterocycles. The number of methoxy groups -OCH3 is 1. The van der Waals surface area contributed by atoms with Gasteiger partial charge in [0.05, 0.1) is 24.4 Å². The molecule has 150 valence electrons. The lowest BCUT2D eigenvalue weighted by Gasteiger charge is -2.37. The average Bonchev–Trinajstić information content (AvgIpc) is 3.12. The van der Waals surface area contributed by atoms with Crippen LogP contribution in [0.2, 0.25) is 0 Å². The smallest absolute Gasteiger partial charge is 0.191 e. The Hall–Kier alpha value is -0.420. The van der Waals surface area contributed by atoms with Crippen molar-refractivity contribution in [3.05, 3.63) is 22.4 Å². The fourth-order valence-corrected chi connectivity index (χ4v) is 3.66. The minimum absolute atomic E-state index is 0. The van der Waals surface area contributed by atoms with E-state index in [9.17, 15) is 0 Å². The van der Waals surface area contributed by atoms with Gasteiger partial charge < -0.3 is 20.1 Å². The third-order valence-electron chi connectivity index (χ3n) is 4.51. The number of morpholine rings is 1. The summed E-state index contributed by atoms with van der Waals surface area (Å²) >= 11 is 1.80. The van der Waals surface area contributed by atoms with E-state index >= 15 is 0 Å². The lowest BCUT2D eigenvalue weighted by Crippen LogP contribution is -2.49. The highest BCUT2D eigenvalue weighted by atomic mass is 127. The van der Waals surface area contributed by atoms with Crippen molar-refractivity contribution < 1.29 is 9.47 Å². The van der Waals surface area contributed by atoms with Crippen molar-refractivity contribution in [1.82, 2.24) is 15.5 Å². The quantitative estimate of drug-likeness (QED) is 0.346. The number of hydrogen-bond acceptors (Lipinski definition) is 5. The molecule has 2 rings (SSSR count). The van der Waals surface area contributed by atoms with Crippen molar-refractivity contribution in [3.63, 3.8) is 0 Å². The molecular weight excluding hydrogens is 463 g/mol. The van der Waals surface area contributed by atoms with E-state index < -0.39 is 0 Å². The van der Waals surface area contributed by atoms with Crippen molar-refractivity contribution in [3.8, 4) is 0 Å². The second kappa shape index (κ2) is 11.4. The zero-order valence-electron chi connectivity index (χ0n) is 16.4. The van der Waals surface area contributed by atoms with Crippen LogP contribution in [0, 0.1) is 0 Å². The Morgan fingerprint density at radius 1 is 1.50 bits per heavy atom. The molecule has 1 saturated heterocycles. The first kappa shape index (κ1) is 23.6.